The molecule has 0 aromatic carbocycles. The Morgan fingerprint density at radius 3 is 2.17 bits per heavy atom. The summed E-state index contributed by atoms with van der Waals surface area (Å²) in [5.41, 5.74) is 0.0408. The third-order valence-electron chi connectivity index (χ3n) is 3.84. The zero-order valence-corrected chi connectivity index (χ0v) is 16.2. The number of carbonyl (C=O) groups is 3. The molecular formula is C18H32N2O4. The average molecular weight is 340 g/mol. The van der Waals surface area contributed by atoms with Crippen molar-refractivity contribution in [1.29, 1.82) is 0 Å². The lowest BCUT2D eigenvalue weighted by molar-refractivity contribution is -0.139. The summed E-state index contributed by atoms with van der Waals surface area (Å²) in [4.78, 5) is 37.2. The third kappa shape index (κ3) is 6.34. The van der Waals surface area contributed by atoms with E-state index in [1.165, 1.54) is 0 Å². The van der Waals surface area contributed by atoms with Crippen LogP contribution >= 0.6 is 0 Å². The Morgan fingerprint density at radius 2 is 1.79 bits per heavy atom. The van der Waals surface area contributed by atoms with Crippen LogP contribution in [0.2, 0.25) is 0 Å². The van der Waals surface area contributed by atoms with Crippen molar-refractivity contribution in [3.05, 3.63) is 11.6 Å². The summed E-state index contributed by atoms with van der Waals surface area (Å²) >= 11 is 0. The van der Waals surface area contributed by atoms with E-state index in [9.17, 15) is 14.4 Å². The van der Waals surface area contributed by atoms with Gasteiger partial charge in [-0.05, 0) is 25.2 Å². The number of likely N-dealkylation sites (N-methyl/N-ethyl adjacent to an activating group) is 1. The zero-order chi connectivity index (χ0) is 19.1. The Labute approximate surface area is 145 Å². The summed E-state index contributed by atoms with van der Waals surface area (Å²) in [6.45, 7) is 13.4. The highest BCUT2D eigenvalue weighted by Gasteiger charge is 2.35. The van der Waals surface area contributed by atoms with Crippen LogP contribution in [-0.2, 0) is 19.1 Å². The minimum Gasteiger partial charge on any atom is -0.463 e. The summed E-state index contributed by atoms with van der Waals surface area (Å²) in [5, 5.41) is 2.61. The first-order chi connectivity index (χ1) is 11.0. The maximum atomic E-state index is 12.9. The predicted octanol–water partition coefficient (Wildman–Crippen LogP) is 2.14. The van der Waals surface area contributed by atoms with Gasteiger partial charge in [-0.3, -0.25) is 9.59 Å². The van der Waals surface area contributed by atoms with E-state index in [1.54, 1.807) is 31.9 Å². The number of rotatable bonds is 8. The monoisotopic (exact) mass is 340 g/mol. The third-order valence-corrected chi connectivity index (χ3v) is 3.84. The molecule has 0 rings (SSSR count). The molecule has 0 fully saturated rings. The van der Waals surface area contributed by atoms with Crippen molar-refractivity contribution in [2.45, 2.75) is 60.5 Å². The molecule has 0 aromatic rings. The SMILES string of the molecule is CCOC(=O)/C(C)=C/[C@H](C(C)C)N(C)C(=O)[C@H](NC=O)C(C)(C)C. The summed E-state index contributed by atoms with van der Waals surface area (Å²) < 4.78 is 5.00. The summed E-state index contributed by atoms with van der Waals surface area (Å²) in [6.07, 6.45) is 2.30. The Hall–Kier alpha value is -1.85. The molecule has 2 atom stereocenters. The van der Waals surface area contributed by atoms with Crippen molar-refractivity contribution in [2.75, 3.05) is 13.7 Å². The minimum absolute atomic E-state index is 0.0974. The Balaban J connectivity index is 5.52. The van der Waals surface area contributed by atoms with Crippen molar-refractivity contribution in [3.8, 4) is 0 Å². The molecule has 0 saturated heterocycles. The maximum Gasteiger partial charge on any atom is 0.333 e. The van der Waals surface area contributed by atoms with Gasteiger partial charge in [0.15, 0.2) is 0 Å². The zero-order valence-electron chi connectivity index (χ0n) is 16.2. The van der Waals surface area contributed by atoms with Crippen LogP contribution in [0.5, 0.6) is 0 Å². The molecule has 2 amide bonds. The topological polar surface area (TPSA) is 75.7 Å². The highest BCUT2D eigenvalue weighted by molar-refractivity contribution is 5.88. The predicted molar refractivity (Wildman–Crippen MR) is 94.2 cm³/mol. The average Bonchev–Trinajstić information content (AvgIpc) is 2.47. The molecule has 1 N–H and O–H groups in total. The molecule has 0 aliphatic heterocycles. The van der Waals surface area contributed by atoms with Gasteiger partial charge in [0, 0.05) is 12.6 Å². The first kappa shape index (κ1) is 22.1. The number of nitrogens with zero attached hydrogens (tertiary/aromatic N) is 1. The molecule has 0 aliphatic carbocycles. The van der Waals surface area contributed by atoms with Crippen LogP contribution in [0.4, 0.5) is 0 Å². The molecule has 0 aliphatic rings. The fourth-order valence-corrected chi connectivity index (χ4v) is 2.43. The molecule has 138 valence electrons. The number of hydrogen-bond acceptors (Lipinski definition) is 4. The van der Waals surface area contributed by atoms with Crippen LogP contribution in [0.25, 0.3) is 0 Å². The molecule has 6 heteroatoms. The molecule has 0 spiro atoms. The van der Waals surface area contributed by atoms with Crippen LogP contribution in [0.3, 0.4) is 0 Å². The van der Waals surface area contributed by atoms with Gasteiger partial charge in [-0.2, -0.15) is 0 Å². The van der Waals surface area contributed by atoms with Gasteiger partial charge in [0.1, 0.15) is 6.04 Å². The number of esters is 1. The lowest BCUT2D eigenvalue weighted by Gasteiger charge is -2.36. The fourth-order valence-electron chi connectivity index (χ4n) is 2.43. The molecule has 0 radical (unpaired) electrons. The molecule has 0 unspecified atom stereocenters. The number of carbonyl (C=O) groups excluding carboxylic acids is 3. The van der Waals surface area contributed by atoms with E-state index >= 15 is 0 Å². The highest BCUT2D eigenvalue weighted by atomic mass is 16.5. The molecule has 0 bridgehead atoms. The standard InChI is InChI=1S/C18H32N2O4/c1-9-24-17(23)13(4)10-14(12(2)3)20(8)16(22)15(19-11-21)18(5,6)7/h10-12,14-15H,9H2,1-8H3,(H,19,21)/b13-10+/t14-,15+/m1/s1. The summed E-state index contributed by atoms with van der Waals surface area (Å²) in [7, 11) is 1.69. The normalized spacial score (nSPS) is 14.8. The smallest absolute Gasteiger partial charge is 0.333 e. The van der Waals surface area contributed by atoms with Gasteiger partial charge in [-0.15, -0.1) is 0 Å². The van der Waals surface area contributed by atoms with Gasteiger partial charge in [0.25, 0.3) is 0 Å². The van der Waals surface area contributed by atoms with Gasteiger partial charge in [0.05, 0.1) is 12.6 Å². The first-order valence-electron chi connectivity index (χ1n) is 8.29. The molecule has 0 heterocycles. The number of hydrogen-bond donors (Lipinski definition) is 1. The molecule has 24 heavy (non-hydrogen) atoms. The molecular weight excluding hydrogens is 308 g/mol. The first-order valence-corrected chi connectivity index (χ1v) is 8.29. The van der Waals surface area contributed by atoms with Gasteiger partial charge < -0.3 is 15.0 Å². The van der Waals surface area contributed by atoms with Crippen molar-refractivity contribution in [1.82, 2.24) is 10.2 Å². The quantitative estimate of drug-likeness (QED) is 0.417. The molecule has 6 nitrogen and oxygen atoms in total. The van der Waals surface area contributed by atoms with E-state index < -0.39 is 11.5 Å². The van der Waals surface area contributed by atoms with Crippen LogP contribution in [0, 0.1) is 11.3 Å². The van der Waals surface area contributed by atoms with E-state index in [-0.39, 0.29) is 23.8 Å². The fraction of sp³-hybridized carbons (Fsp3) is 0.722. The van der Waals surface area contributed by atoms with Crippen molar-refractivity contribution in [3.63, 3.8) is 0 Å². The number of amides is 2. The van der Waals surface area contributed by atoms with Crippen LogP contribution in [0.1, 0.15) is 48.5 Å². The van der Waals surface area contributed by atoms with E-state index in [4.69, 9.17) is 4.74 Å². The Morgan fingerprint density at radius 1 is 1.25 bits per heavy atom. The Bertz CT molecular complexity index is 478. The number of ether oxygens (including phenoxy) is 1. The lowest BCUT2D eigenvalue weighted by Crippen LogP contribution is -2.54. The maximum absolute atomic E-state index is 12.9. The van der Waals surface area contributed by atoms with Gasteiger partial charge in [-0.1, -0.05) is 40.7 Å². The molecule has 0 aromatic heterocycles. The van der Waals surface area contributed by atoms with Crippen molar-refractivity contribution < 1.29 is 19.1 Å². The lowest BCUT2D eigenvalue weighted by atomic mass is 9.85. The van der Waals surface area contributed by atoms with E-state index in [0.29, 0.717) is 18.6 Å². The van der Waals surface area contributed by atoms with Crippen molar-refractivity contribution in [2.24, 2.45) is 11.3 Å². The highest BCUT2D eigenvalue weighted by Crippen LogP contribution is 2.23. The van der Waals surface area contributed by atoms with E-state index in [2.05, 4.69) is 5.32 Å². The minimum atomic E-state index is -0.641. The van der Waals surface area contributed by atoms with Crippen LogP contribution in [-0.4, -0.2) is 48.9 Å². The number of nitrogens with one attached hydrogen (secondary N) is 1. The molecule has 0 saturated carbocycles. The van der Waals surface area contributed by atoms with Gasteiger partial charge in [-0.25, -0.2) is 4.79 Å². The van der Waals surface area contributed by atoms with Crippen molar-refractivity contribution >= 4 is 18.3 Å². The Kier molecular flexibility index (Phi) is 8.72. The van der Waals surface area contributed by atoms with E-state index in [0.717, 1.165) is 0 Å². The summed E-state index contributed by atoms with van der Waals surface area (Å²) in [5.74, 6) is -0.483. The second kappa shape index (κ2) is 9.45. The summed E-state index contributed by atoms with van der Waals surface area (Å²) in [6, 6.07) is -0.919. The largest absolute Gasteiger partial charge is 0.463 e. The second-order valence-electron chi connectivity index (χ2n) is 7.34. The van der Waals surface area contributed by atoms with Gasteiger partial charge in [0.2, 0.25) is 12.3 Å². The second-order valence-corrected chi connectivity index (χ2v) is 7.34. The van der Waals surface area contributed by atoms with Gasteiger partial charge >= 0.3 is 5.97 Å². The van der Waals surface area contributed by atoms with Crippen LogP contribution in [0.15, 0.2) is 11.6 Å². The van der Waals surface area contributed by atoms with E-state index in [1.807, 2.05) is 34.6 Å². The van der Waals surface area contributed by atoms with Crippen LogP contribution < -0.4 is 5.32 Å².